The normalized spacial score (nSPS) is 10.3. The fourth-order valence-corrected chi connectivity index (χ4v) is 2.37. The second-order valence-corrected chi connectivity index (χ2v) is 6.45. The van der Waals surface area contributed by atoms with Gasteiger partial charge in [-0.3, -0.25) is 0 Å². The third-order valence-corrected chi connectivity index (χ3v) is 4.03. The van der Waals surface area contributed by atoms with Crippen LogP contribution in [0.3, 0.4) is 0 Å². The fraction of sp³-hybridized carbons (Fsp3) is 0.208. The van der Waals surface area contributed by atoms with Crippen LogP contribution in [0.25, 0.3) is 6.08 Å². The molecule has 168 valence electrons. The number of rotatable bonds is 10. The number of esters is 3. The molecule has 2 aromatic rings. The van der Waals surface area contributed by atoms with Crippen molar-refractivity contribution in [1.29, 1.82) is 0 Å². The minimum atomic E-state index is -0.580. The standard InChI is InChI=1S/C24H24O8/c1-16(2)23(26)31-14-13-30-20-11-8-18(15-21(20)28-3)24(27)32-19-9-5-17(6-10-19)7-12-22(25)29-4/h5-12,15H,1,13-14H2,2-4H3/b12-7+. The molecule has 0 unspecified atom stereocenters. The van der Waals surface area contributed by atoms with Crippen molar-refractivity contribution in [3.05, 3.63) is 71.8 Å². The van der Waals surface area contributed by atoms with Crippen molar-refractivity contribution in [3.63, 3.8) is 0 Å². The molecule has 0 saturated heterocycles. The molecule has 2 aromatic carbocycles. The van der Waals surface area contributed by atoms with Crippen LogP contribution in [-0.2, 0) is 19.1 Å². The van der Waals surface area contributed by atoms with Crippen molar-refractivity contribution in [3.8, 4) is 17.2 Å². The van der Waals surface area contributed by atoms with Crippen LogP contribution < -0.4 is 14.2 Å². The molecule has 0 aromatic heterocycles. The number of carbonyl (C=O) groups is 3. The maximum absolute atomic E-state index is 12.5. The molecular weight excluding hydrogens is 416 g/mol. The van der Waals surface area contributed by atoms with Gasteiger partial charge in [-0.1, -0.05) is 18.7 Å². The van der Waals surface area contributed by atoms with E-state index in [0.717, 1.165) is 5.56 Å². The highest BCUT2D eigenvalue weighted by atomic mass is 16.6. The Hall–Kier alpha value is -4.07. The summed E-state index contributed by atoms with van der Waals surface area (Å²) in [7, 11) is 2.74. The average molecular weight is 440 g/mol. The van der Waals surface area contributed by atoms with E-state index in [9.17, 15) is 14.4 Å². The minimum absolute atomic E-state index is 0.0451. The van der Waals surface area contributed by atoms with Crippen LogP contribution in [0.5, 0.6) is 17.2 Å². The van der Waals surface area contributed by atoms with Crippen molar-refractivity contribution >= 4 is 24.0 Å². The van der Waals surface area contributed by atoms with Crippen molar-refractivity contribution in [2.75, 3.05) is 27.4 Å². The lowest BCUT2D eigenvalue weighted by atomic mass is 10.2. The lowest BCUT2D eigenvalue weighted by Crippen LogP contribution is -2.13. The first-order chi connectivity index (χ1) is 15.3. The topological polar surface area (TPSA) is 97.4 Å². The number of carbonyl (C=O) groups excluding carboxylic acids is 3. The molecule has 0 amide bonds. The second-order valence-electron chi connectivity index (χ2n) is 6.45. The van der Waals surface area contributed by atoms with E-state index < -0.39 is 17.9 Å². The number of methoxy groups -OCH3 is 2. The zero-order chi connectivity index (χ0) is 23.5. The van der Waals surface area contributed by atoms with Gasteiger partial charge in [0, 0.05) is 11.6 Å². The zero-order valence-corrected chi connectivity index (χ0v) is 18.1. The summed E-state index contributed by atoms with van der Waals surface area (Å²) in [5.74, 6) is -0.487. The Kier molecular flexibility index (Phi) is 9.04. The molecule has 8 nitrogen and oxygen atoms in total. The molecule has 32 heavy (non-hydrogen) atoms. The maximum atomic E-state index is 12.5. The van der Waals surface area contributed by atoms with Gasteiger partial charge < -0.3 is 23.7 Å². The first kappa shape index (κ1) is 24.2. The number of hydrogen-bond donors (Lipinski definition) is 0. The van der Waals surface area contributed by atoms with Crippen LogP contribution in [0.2, 0.25) is 0 Å². The summed E-state index contributed by atoms with van der Waals surface area (Å²) in [6.45, 7) is 5.21. The largest absolute Gasteiger partial charge is 0.493 e. The summed E-state index contributed by atoms with van der Waals surface area (Å²) < 4.78 is 25.7. The number of benzene rings is 2. The molecule has 0 atom stereocenters. The van der Waals surface area contributed by atoms with E-state index in [4.69, 9.17) is 18.9 Å². The number of hydrogen-bond acceptors (Lipinski definition) is 8. The van der Waals surface area contributed by atoms with Crippen molar-refractivity contribution in [1.82, 2.24) is 0 Å². The molecule has 0 aliphatic carbocycles. The highest BCUT2D eigenvalue weighted by Gasteiger charge is 2.14. The zero-order valence-electron chi connectivity index (χ0n) is 18.1. The van der Waals surface area contributed by atoms with Crippen molar-refractivity contribution in [2.24, 2.45) is 0 Å². The van der Waals surface area contributed by atoms with Gasteiger partial charge in [0.1, 0.15) is 19.0 Å². The smallest absolute Gasteiger partial charge is 0.343 e. The Morgan fingerprint density at radius 3 is 2.31 bits per heavy atom. The lowest BCUT2D eigenvalue weighted by Gasteiger charge is -2.12. The fourth-order valence-electron chi connectivity index (χ4n) is 2.37. The van der Waals surface area contributed by atoms with Gasteiger partial charge in [-0.2, -0.15) is 0 Å². The average Bonchev–Trinajstić information content (AvgIpc) is 2.80. The molecular formula is C24H24O8. The molecule has 0 heterocycles. The molecule has 0 spiro atoms. The van der Waals surface area contributed by atoms with Crippen LogP contribution in [0.15, 0.2) is 60.7 Å². The van der Waals surface area contributed by atoms with Gasteiger partial charge in [-0.25, -0.2) is 14.4 Å². The lowest BCUT2D eigenvalue weighted by molar-refractivity contribution is -0.139. The molecule has 0 fully saturated rings. The van der Waals surface area contributed by atoms with Gasteiger partial charge in [0.2, 0.25) is 0 Å². The van der Waals surface area contributed by atoms with Gasteiger partial charge in [-0.05, 0) is 48.9 Å². The summed E-state index contributed by atoms with van der Waals surface area (Å²) in [4.78, 5) is 35.0. The van der Waals surface area contributed by atoms with Crippen LogP contribution in [0.4, 0.5) is 0 Å². The Bertz CT molecular complexity index is 1010. The molecule has 8 heteroatoms. The Balaban J connectivity index is 1.97. The summed E-state index contributed by atoms with van der Waals surface area (Å²) in [6.07, 6.45) is 2.88. The van der Waals surface area contributed by atoms with Crippen LogP contribution in [-0.4, -0.2) is 45.3 Å². The van der Waals surface area contributed by atoms with E-state index in [0.29, 0.717) is 22.8 Å². The molecule has 0 radical (unpaired) electrons. The van der Waals surface area contributed by atoms with Crippen LogP contribution in [0, 0.1) is 0 Å². The van der Waals surface area contributed by atoms with Gasteiger partial charge in [0.05, 0.1) is 19.8 Å². The SMILES string of the molecule is C=C(C)C(=O)OCCOc1ccc(C(=O)Oc2ccc(/C=C/C(=O)OC)cc2)cc1OC. The van der Waals surface area contributed by atoms with Crippen LogP contribution >= 0.6 is 0 Å². The van der Waals surface area contributed by atoms with Crippen molar-refractivity contribution in [2.45, 2.75) is 6.92 Å². The summed E-state index contributed by atoms with van der Waals surface area (Å²) in [5.41, 5.74) is 1.31. The van der Waals surface area contributed by atoms with Gasteiger partial charge in [0.25, 0.3) is 0 Å². The minimum Gasteiger partial charge on any atom is -0.493 e. The number of ether oxygens (including phenoxy) is 5. The van der Waals surface area contributed by atoms with E-state index in [-0.39, 0.29) is 18.8 Å². The summed E-state index contributed by atoms with van der Waals surface area (Å²) in [5, 5.41) is 0. The monoisotopic (exact) mass is 440 g/mol. The predicted molar refractivity (Wildman–Crippen MR) is 117 cm³/mol. The van der Waals surface area contributed by atoms with E-state index >= 15 is 0 Å². The molecule has 0 saturated carbocycles. The van der Waals surface area contributed by atoms with Crippen molar-refractivity contribution < 1.29 is 38.1 Å². The molecule has 0 aliphatic heterocycles. The summed E-state index contributed by atoms with van der Waals surface area (Å²) >= 11 is 0. The predicted octanol–water partition coefficient (Wildman–Crippen LogP) is 3.60. The third kappa shape index (κ3) is 7.32. The van der Waals surface area contributed by atoms with E-state index in [1.165, 1.54) is 32.4 Å². The van der Waals surface area contributed by atoms with E-state index in [1.807, 2.05) is 0 Å². The quantitative estimate of drug-likeness (QED) is 0.239. The second kappa shape index (κ2) is 11.9. The first-order valence-corrected chi connectivity index (χ1v) is 9.55. The molecule has 2 rings (SSSR count). The van der Waals surface area contributed by atoms with Gasteiger partial charge in [0.15, 0.2) is 11.5 Å². The highest BCUT2D eigenvalue weighted by molar-refractivity contribution is 5.92. The molecule has 0 bridgehead atoms. The van der Waals surface area contributed by atoms with Crippen LogP contribution in [0.1, 0.15) is 22.8 Å². The van der Waals surface area contributed by atoms with E-state index in [2.05, 4.69) is 11.3 Å². The van der Waals surface area contributed by atoms with Gasteiger partial charge in [-0.15, -0.1) is 0 Å². The Morgan fingerprint density at radius 1 is 0.969 bits per heavy atom. The molecule has 0 aliphatic rings. The highest BCUT2D eigenvalue weighted by Crippen LogP contribution is 2.28. The summed E-state index contributed by atoms with van der Waals surface area (Å²) in [6, 6.07) is 11.2. The third-order valence-electron chi connectivity index (χ3n) is 4.03. The van der Waals surface area contributed by atoms with Gasteiger partial charge >= 0.3 is 17.9 Å². The Labute approximate surface area is 186 Å². The van der Waals surface area contributed by atoms with E-state index in [1.54, 1.807) is 43.3 Å². The first-order valence-electron chi connectivity index (χ1n) is 9.55. The molecule has 0 N–H and O–H groups in total. The maximum Gasteiger partial charge on any atom is 0.343 e. The Morgan fingerprint density at radius 2 is 1.69 bits per heavy atom.